The summed E-state index contributed by atoms with van der Waals surface area (Å²) < 4.78 is 24.4. The van der Waals surface area contributed by atoms with E-state index in [0.29, 0.717) is 12.1 Å². The highest BCUT2D eigenvalue weighted by Gasteiger charge is 2.18. The Morgan fingerprint density at radius 3 is 2.47 bits per heavy atom. The SMILES string of the molecule is Nc1ccc(S(=O)(=O)CCc2ccncc2)c(Cl)c1. The molecule has 19 heavy (non-hydrogen) atoms. The number of benzene rings is 1. The average Bonchev–Trinajstić information content (AvgIpc) is 2.37. The van der Waals surface area contributed by atoms with Gasteiger partial charge in [0, 0.05) is 18.1 Å². The molecule has 0 aliphatic rings. The first kappa shape index (κ1) is 13.8. The fourth-order valence-electron chi connectivity index (χ4n) is 1.68. The molecule has 0 atom stereocenters. The van der Waals surface area contributed by atoms with Crippen LogP contribution in [0.15, 0.2) is 47.6 Å². The number of anilines is 1. The van der Waals surface area contributed by atoms with Gasteiger partial charge in [-0.15, -0.1) is 0 Å². The second kappa shape index (κ2) is 5.59. The number of pyridine rings is 1. The summed E-state index contributed by atoms with van der Waals surface area (Å²) in [5.74, 6) is 0.000646. The Labute approximate surface area is 117 Å². The average molecular weight is 297 g/mol. The number of sulfone groups is 1. The van der Waals surface area contributed by atoms with Crippen molar-refractivity contribution in [3.63, 3.8) is 0 Å². The first-order valence-electron chi connectivity index (χ1n) is 5.66. The van der Waals surface area contributed by atoms with Crippen LogP contribution in [-0.2, 0) is 16.3 Å². The second-order valence-electron chi connectivity index (χ2n) is 4.11. The van der Waals surface area contributed by atoms with Gasteiger partial charge in [0.15, 0.2) is 9.84 Å². The number of rotatable bonds is 4. The Balaban J connectivity index is 2.19. The number of hydrogen-bond acceptors (Lipinski definition) is 4. The van der Waals surface area contributed by atoms with Crippen molar-refractivity contribution in [1.82, 2.24) is 4.98 Å². The molecule has 0 aliphatic carbocycles. The van der Waals surface area contributed by atoms with Gasteiger partial charge in [0.1, 0.15) is 0 Å². The zero-order valence-corrected chi connectivity index (χ0v) is 11.7. The molecule has 6 heteroatoms. The van der Waals surface area contributed by atoms with E-state index < -0.39 is 9.84 Å². The van der Waals surface area contributed by atoms with E-state index in [-0.39, 0.29) is 15.7 Å². The molecular weight excluding hydrogens is 284 g/mol. The maximum Gasteiger partial charge on any atom is 0.180 e. The molecule has 0 radical (unpaired) electrons. The number of halogens is 1. The fraction of sp³-hybridized carbons (Fsp3) is 0.154. The van der Waals surface area contributed by atoms with Crippen LogP contribution in [0.5, 0.6) is 0 Å². The first-order chi connectivity index (χ1) is 8.99. The van der Waals surface area contributed by atoms with E-state index in [4.69, 9.17) is 17.3 Å². The molecule has 0 fully saturated rings. The Kier molecular flexibility index (Phi) is 4.07. The van der Waals surface area contributed by atoms with Crippen molar-refractivity contribution in [3.05, 3.63) is 53.3 Å². The first-order valence-corrected chi connectivity index (χ1v) is 7.69. The number of nitrogen functional groups attached to an aromatic ring is 1. The lowest BCUT2D eigenvalue weighted by Gasteiger charge is -2.07. The lowest BCUT2D eigenvalue weighted by atomic mass is 10.2. The lowest BCUT2D eigenvalue weighted by Crippen LogP contribution is -2.10. The van der Waals surface area contributed by atoms with Crippen LogP contribution in [-0.4, -0.2) is 19.2 Å². The summed E-state index contributed by atoms with van der Waals surface area (Å²) in [7, 11) is -3.41. The molecule has 0 amide bonds. The molecule has 100 valence electrons. The molecule has 2 N–H and O–H groups in total. The third kappa shape index (κ3) is 3.45. The van der Waals surface area contributed by atoms with Gasteiger partial charge in [-0.2, -0.15) is 0 Å². The molecule has 1 aromatic carbocycles. The molecule has 0 saturated carbocycles. The highest BCUT2D eigenvalue weighted by molar-refractivity contribution is 7.91. The Morgan fingerprint density at radius 1 is 1.16 bits per heavy atom. The molecule has 2 aromatic rings. The third-order valence-corrected chi connectivity index (χ3v) is 4.89. The van der Waals surface area contributed by atoms with Crippen LogP contribution in [0.4, 0.5) is 5.69 Å². The van der Waals surface area contributed by atoms with E-state index in [1.165, 1.54) is 18.2 Å². The number of nitrogens with zero attached hydrogens (tertiary/aromatic N) is 1. The van der Waals surface area contributed by atoms with Crippen LogP contribution in [0, 0.1) is 0 Å². The molecule has 0 bridgehead atoms. The van der Waals surface area contributed by atoms with E-state index in [9.17, 15) is 8.42 Å². The minimum absolute atomic E-state index is 0.000646. The zero-order valence-electron chi connectivity index (χ0n) is 10.1. The molecular formula is C13H13ClN2O2S. The topological polar surface area (TPSA) is 73.1 Å². The largest absolute Gasteiger partial charge is 0.399 e. The van der Waals surface area contributed by atoms with Gasteiger partial charge in [0.05, 0.1) is 15.7 Å². The summed E-state index contributed by atoms with van der Waals surface area (Å²) in [5, 5.41) is 0.162. The quantitative estimate of drug-likeness (QED) is 0.879. The molecule has 0 unspecified atom stereocenters. The van der Waals surface area contributed by atoms with Gasteiger partial charge in [0.25, 0.3) is 0 Å². The Bertz CT molecular complexity index is 672. The van der Waals surface area contributed by atoms with Gasteiger partial charge in [-0.1, -0.05) is 11.6 Å². The van der Waals surface area contributed by atoms with Crippen LogP contribution in [0.2, 0.25) is 5.02 Å². The molecule has 2 rings (SSSR count). The van der Waals surface area contributed by atoms with Crippen LogP contribution < -0.4 is 5.73 Å². The van der Waals surface area contributed by atoms with E-state index in [1.54, 1.807) is 24.5 Å². The summed E-state index contributed by atoms with van der Waals surface area (Å²) >= 11 is 5.93. The van der Waals surface area contributed by atoms with Gasteiger partial charge >= 0.3 is 0 Å². The normalized spacial score (nSPS) is 11.4. The molecule has 1 heterocycles. The maximum atomic E-state index is 12.2. The van der Waals surface area contributed by atoms with Crippen molar-refractivity contribution >= 4 is 27.1 Å². The monoisotopic (exact) mass is 296 g/mol. The molecule has 0 saturated heterocycles. The molecule has 4 nitrogen and oxygen atoms in total. The predicted molar refractivity (Wildman–Crippen MR) is 75.9 cm³/mol. The van der Waals surface area contributed by atoms with Gasteiger partial charge < -0.3 is 5.73 Å². The number of aromatic nitrogens is 1. The smallest absolute Gasteiger partial charge is 0.180 e. The second-order valence-corrected chi connectivity index (χ2v) is 6.60. The Hall–Kier alpha value is -1.59. The predicted octanol–water partition coefficient (Wildman–Crippen LogP) is 2.33. The summed E-state index contributed by atoms with van der Waals surface area (Å²) in [6.07, 6.45) is 3.70. The fourth-order valence-corrected chi connectivity index (χ4v) is 3.58. The van der Waals surface area contributed by atoms with Crippen LogP contribution in [0.3, 0.4) is 0 Å². The van der Waals surface area contributed by atoms with Crippen LogP contribution in [0.1, 0.15) is 5.56 Å². The summed E-state index contributed by atoms with van der Waals surface area (Å²) in [6, 6.07) is 8.01. The number of hydrogen-bond donors (Lipinski definition) is 1. The zero-order chi connectivity index (χ0) is 13.9. The van der Waals surface area contributed by atoms with Gasteiger partial charge in [-0.05, 0) is 42.3 Å². The van der Waals surface area contributed by atoms with E-state index >= 15 is 0 Å². The molecule has 0 aliphatic heterocycles. The highest BCUT2D eigenvalue weighted by Crippen LogP contribution is 2.25. The standard InChI is InChI=1S/C13H13ClN2O2S/c14-12-9-11(15)1-2-13(12)19(17,18)8-5-10-3-6-16-7-4-10/h1-4,6-7,9H,5,8,15H2. The molecule has 1 aromatic heterocycles. The van der Waals surface area contributed by atoms with Crippen LogP contribution in [0.25, 0.3) is 0 Å². The van der Waals surface area contributed by atoms with Gasteiger partial charge in [0.2, 0.25) is 0 Å². The number of nitrogens with two attached hydrogens (primary N) is 1. The van der Waals surface area contributed by atoms with E-state index in [1.807, 2.05) is 0 Å². The van der Waals surface area contributed by atoms with Crippen molar-refractivity contribution in [2.24, 2.45) is 0 Å². The third-order valence-electron chi connectivity index (χ3n) is 2.70. The van der Waals surface area contributed by atoms with Crippen molar-refractivity contribution in [2.45, 2.75) is 11.3 Å². The van der Waals surface area contributed by atoms with Crippen molar-refractivity contribution in [3.8, 4) is 0 Å². The maximum absolute atomic E-state index is 12.2. The lowest BCUT2D eigenvalue weighted by molar-refractivity contribution is 0.595. The van der Waals surface area contributed by atoms with E-state index in [0.717, 1.165) is 5.56 Å². The highest BCUT2D eigenvalue weighted by atomic mass is 35.5. The minimum atomic E-state index is -3.41. The van der Waals surface area contributed by atoms with Crippen molar-refractivity contribution in [2.75, 3.05) is 11.5 Å². The van der Waals surface area contributed by atoms with Crippen molar-refractivity contribution < 1.29 is 8.42 Å². The number of aryl methyl sites for hydroxylation is 1. The summed E-state index contributed by atoms with van der Waals surface area (Å²) in [4.78, 5) is 4.01. The van der Waals surface area contributed by atoms with Crippen molar-refractivity contribution in [1.29, 1.82) is 0 Å². The summed E-state index contributed by atoms with van der Waals surface area (Å²) in [6.45, 7) is 0. The molecule has 0 spiro atoms. The van der Waals surface area contributed by atoms with Crippen LogP contribution >= 0.6 is 11.6 Å². The van der Waals surface area contributed by atoms with E-state index in [2.05, 4.69) is 4.98 Å². The van der Waals surface area contributed by atoms with Gasteiger partial charge in [-0.3, -0.25) is 4.98 Å². The Morgan fingerprint density at radius 2 is 1.84 bits per heavy atom. The summed E-state index contributed by atoms with van der Waals surface area (Å²) in [5.41, 5.74) is 6.91. The van der Waals surface area contributed by atoms with Gasteiger partial charge in [-0.25, -0.2) is 8.42 Å². The minimum Gasteiger partial charge on any atom is -0.399 e.